The Kier molecular flexibility index (Phi) is 3.00. The molecule has 3 aromatic carbocycles. The van der Waals surface area contributed by atoms with Gasteiger partial charge in [0.15, 0.2) is 0 Å². The van der Waals surface area contributed by atoms with Gasteiger partial charge in [-0.15, -0.1) is 0 Å². The summed E-state index contributed by atoms with van der Waals surface area (Å²) in [5.41, 5.74) is 5.63. The van der Waals surface area contributed by atoms with E-state index < -0.39 is 0 Å². The minimum absolute atomic E-state index is 0.449. The molecule has 0 atom stereocenters. The molecule has 1 aromatic heterocycles. The molecule has 0 amide bonds. The molecule has 0 spiro atoms. The van der Waals surface area contributed by atoms with E-state index in [-0.39, 0.29) is 0 Å². The predicted octanol–water partition coefficient (Wildman–Crippen LogP) is 6.38. The molecule has 0 saturated carbocycles. The quantitative estimate of drug-likeness (QED) is 0.417. The van der Waals surface area contributed by atoms with Crippen LogP contribution in [0.3, 0.4) is 0 Å². The monoisotopic (exact) mass is 286 g/mol. The van der Waals surface area contributed by atoms with E-state index in [1.165, 1.54) is 21.9 Å². The van der Waals surface area contributed by atoms with Crippen molar-refractivity contribution in [2.45, 2.75) is 19.8 Å². The van der Waals surface area contributed by atoms with Gasteiger partial charge in [0.1, 0.15) is 11.2 Å². The lowest BCUT2D eigenvalue weighted by atomic mass is 9.99. The van der Waals surface area contributed by atoms with E-state index in [0.717, 1.165) is 16.7 Å². The largest absolute Gasteiger partial charge is 0.455 e. The van der Waals surface area contributed by atoms with Gasteiger partial charge in [0, 0.05) is 16.3 Å². The summed E-state index contributed by atoms with van der Waals surface area (Å²) >= 11 is 0. The van der Waals surface area contributed by atoms with Crippen LogP contribution in [0.1, 0.15) is 25.3 Å². The van der Waals surface area contributed by atoms with Gasteiger partial charge in [-0.25, -0.2) is 0 Å². The van der Waals surface area contributed by atoms with Gasteiger partial charge in [-0.2, -0.15) is 0 Å². The first-order valence-electron chi connectivity index (χ1n) is 7.75. The van der Waals surface area contributed by atoms with Crippen LogP contribution >= 0.6 is 0 Å². The van der Waals surface area contributed by atoms with Gasteiger partial charge < -0.3 is 4.42 Å². The van der Waals surface area contributed by atoms with E-state index in [1.54, 1.807) is 0 Å². The first kappa shape index (κ1) is 13.1. The van der Waals surface area contributed by atoms with E-state index in [9.17, 15) is 0 Å². The highest BCUT2D eigenvalue weighted by molar-refractivity contribution is 6.10. The van der Waals surface area contributed by atoms with Gasteiger partial charge in [-0.1, -0.05) is 80.6 Å². The second-order valence-corrected chi connectivity index (χ2v) is 6.03. The van der Waals surface area contributed by atoms with Crippen molar-refractivity contribution in [1.29, 1.82) is 0 Å². The van der Waals surface area contributed by atoms with Crippen molar-refractivity contribution < 1.29 is 4.42 Å². The number of benzene rings is 3. The van der Waals surface area contributed by atoms with Crippen LogP contribution in [-0.2, 0) is 0 Å². The maximum atomic E-state index is 6.33. The van der Waals surface area contributed by atoms with E-state index >= 15 is 0 Å². The molecule has 0 aliphatic carbocycles. The van der Waals surface area contributed by atoms with Crippen molar-refractivity contribution in [3.05, 3.63) is 72.3 Å². The first-order valence-corrected chi connectivity index (χ1v) is 7.75. The summed E-state index contributed by atoms with van der Waals surface area (Å²) in [7, 11) is 0. The van der Waals surface area contributed by atoms with Gasteiger partial charge in [0.05, 0.1) is 0 Å². The third-order valence-corrected chi connectivity index (χ3v) is 4.26. The molecule has 1 heterocycles. The molecular formula is C21H18O. The van der Waals surface area contributed by atoms with Crippen molar-refractivity contribution in [3.8, 4) is 11.1 Å². The summed E-state index contributed by atoms with van der Waals surface area (Å²) in [6.07, 6.45) is 0. The molecule has 108 valence electrons. The van der Waals surface area contributed by atoms with Crippen molar-refractivity contribution in [3.63, 3.8) is 0 Å². The minimum atomic E-state index is 0.449. The van der Waals surface area contributed by atoms with Crippen LogP contribution in [0.25, 0.3) is 33.1 Å². The molecule has 0 aliphatic rings. The lowest BCUT2D eigenvalue weighted by Gasteiger charge is -2.04. The van der Waals surface area contributed by atoms with Crippen LogP contribution in [0.4, 0.5) is 0 Å². The molecule has 1 heteroatoms. The number of fused-ring (bicyclic) bond motifs is 3. The number of hydrogen-bond acceptors (Lipinski definition) is 1. The fraction of sp³-hybridized carbons (Fsp3) is 0.143. The molecule has 0 radical (unpaired) electrons. The summed E-state index contributed by atoms with van der Waals surface area (Å²) < 4.78 is 6.33. The Hall–Kier alpha value is -2.54. The summed E-state index contributed by atoms with van der Waals surface area (Å²) in [6.45, 7) is 4.42. The molecule has 4 aromatic rings. The van der Waals surface area contributed by atoms with Crippen LogP contribution in [0.5, 0.6) is 0 Å². The van der Waals surface area contributed by atoms with Gasteiger partial charge in [-0.05, 0) is 17.0 Å². The fourth-order valence-corrected chi connectivity index (χ4v) is 3.14. The van der Waals surface area contributed by atoms with Gasteiger partial charge in [0.2, 0.25) is 0 Å². The summed E-state index contributed by atoms with van der Waals surface area (Å²) in [6, 6.07) is 23.3. The maximum Gasteiger partial charge on any atom is 0.143 e. The lowest BCUT2D eigenvalue weighted by molar-refractivity contribution is 0.658. The summed E-state index contributed by atoms with van der Waals surface area (Å²) in [4.78, 5) is 0. The predicted molar refractivity (Wildman–Crippen MR) is 93.2 cm³/mol. The minimum Gasteiger partial charge on any atom is -0.455 e. The highest BCUT2D eigenvalue weighted by atomic mass is 16.3. The molecule has 0 fully saturated rings. The Bertz CT molecular complexity index is 946. The SMILES string of the molecule is CC(C)c1cccc2c1oc1c(-c3ccccc3)cccc12. The van der Waals surface area contributed by atoms with Crippen LogP contribution in [0.2, 0.25) is 0 Å². The number of rotatable bonds is 2. The van der Waals surface area contributed by atoms with Crippen LogP contribution in [0, 0.1) is 0 Å². The second-order valence-electron chi connectivity index (χ2n) is 6.03. The zero-order chi connectivity index (χ0) is 15.1. The maximum absolute atomic E-state index is 6.33. The molecule has 0 N–H and O–H groups in total. The Morgan fingerprint density at radius 3 is 2.09 bits per heavy atom. The average Bonchev–Trinajstić information content (AvgIpc) is 2.94. The molecule has 1 nitrogen and oxygen atoms in total. The summed E-state index contributed by atoms with van der Waals surface area (Å²) in [5.74, 6) is 0.449. The zero-order valence-corrected chi connectivity index (χ0v) is 12.8. The van der Waals surface area contributed by atoms with E-state index in [1.807, 2.05) is 6.07 Å². The Morgan fingerprint density at radius 2 is 1.36 bits per heavy atom. The molecule has 0 unspecified atom stereocenters. The Labute approximate surface area is 130 Å². The topological polar surface area (TPSA) is 13.1 Å². The van der Waals surface area contributed by atoms with Crippen LogP contribution < -0.4 is 0 Å². The average molecular weight is 286 g/mol. The van der Waals surface area contributed by atoms with E-state index in [4.69, 9.17) is 4.42 Å². The van der Waals surface area contributed by atoms with Crippen molar-refractivity contribution in [2.24, 2.45) is 0 Å². The Morgan fingerprint density at radius 1 is 0.682 bits per heavy atom. The number of hydrogen-bond donors (Lipinski definition) is 0. The van der Waals surface area contributed by atoms with E-state index in [2.05, 4.69) is 74.5 Å². The molecular weight excluding hydrogens is 268 g/mol. The molecule has 22 heavy (non-hydrogen) atoms. The summed E-state index contributed by atoms with van der Waals surface area (Å²) in [5, 5.41) is 2.40. The Balaban J connectivity index is 2.10. The third kappa shape index (κ3) is 1.93. The molecule has 4 rings (SSSR count). The smallest absolute Gasteiger partial charge is 0.143 e. The van der Waals surface area contributed by atoms with Crippen LogP contribution in [0.15, 0.2) is 71.1 Å². The van der Waals surface area contributed by atoms with Crippen molar-refractivity contribution in [1.82, 2.24) is 0 Å². The zero-order valence-electron chi connectivity index (χ0n) is 12.8. The first-order chi connectivity index (χ1) is 10.8. The normalized spacial score (nSPS) is 11.6. The fourth-order valence-electron chi connectivity index (χ4n) is 3.14. The highest BCUT2D eigenvalue weighted by Crippen LogP contribution is 2.38. The van der Waals surface area contributed by atoms with Gasteiger partial charge >= 0.3 is 0 Å². The van der Waals surface area contributed by atoms with Crippen molar-refractivity contribution >= 4 is 21.9 Å². The standard InChI is InChI=1S/C21H18O/c1-14(2)16-10-6-12-18-19-13-7-11-17(21(19)22-20(16)18)15-8-4-3-5-9-15/h3-14H,1-2H3. The molecule has 0 saturated heterocycles. The highest BCUT2D eigenvalue weighted by Gasteiger charge is 2.15. The van der Waals surface area contributed by atoms with Gasteiger partial charge in [0.25, 0.3) is 0 Å². The van der Waals surface area contributed by atoms with E-state index in [0.29, 0.717) is 5.92 Å². The number of furan rings is 1. The molecule has 0 bridgehead atoms. The second kappa shape index (κ2) is 5.03. The van der Waals surface area contributed by atoms with Gasteiger partial charge in [-0.3, -0.25) is 0 Å². The molecule has 0 aliphatic heterocycles. The lowest BCUT2D eigenvalue weighted by Crippen LogP contribution is -1.86. The van der Waals surface area contributed by atoms with Crippen LogP contribution in [-0.4, -0.2) is 0 Å². The number of para-hydroxylation sites is 2. The van der Waals surface area contributed by atoms with Crippen molar-refractivity contribution in [2.75, 3.05) is 0 Å². The third-order valence-electron chi connectivity index (χ3n) is 4.26.